The molecule has 1 aromatic heterocycles. The predicted octanol–water partition coefficient (Wildman–Crippen LogP) is -0.337. The summed E-state index contributed by atoms with van der Waals surface area (Å²) in [6, 6.07) is 5.04. The molecule has 0 fully saturated rings. The van der Waals surface area contributed by atoms with Crippen LogP contribution in [0.5, 0.6) is 5.75 Å². The highest BCUT2D eigenvalue weighted by Crippen LogP contribution is 2.30. The fraction of sp³-hybridized carbons (Fsp3) is 0.133. The van der Waals surface area contributed by atoms with Crippen molar-refractivity contribution in [1.82, 2.24) is 4.57 Å². The van der Waals surface area contributed by atoms with Crippen LogP contribution in [0.4, 0.5) is 0 Å². The number of aromatic nitrogens is 1. The molecule has 0 aliphatic rings. The lowest BCUT2D eigenvalue weighted by molar-refractivity contribution is 0.0999. The van der Waals surface area contributed by atoms with Crippen LogP contribution in [0.1, 0.15) is 10.4 Å². The number of nitrogens with two attached hydrogens (primary N) is 2. The van der Waals surface area contributed by atoms with E-state index in [0.29, 0.717) is 0 Å². The fourth-order valence-corrected chi connectivity index (χ4v) is 3.01. The van der Waals surface area contributed by atoms with E-state index >= 15 is 0 Å². The van der Waals surface area contributed by atoms with Crippen molar-refractivity contribution in [2.45, 2.75) is 4.90 Å². The summed E-state index contributed by atoms with van der Waals surface area (Å²) in [5, 5.41) is 0. The maximum Gasteiger partial charge on any atom is 0.283 e. The molecule has 10 heteroatoms. The first-order chi connectivity index (χ1) is 11.6. The largest absolute Gasteiger partial charge is 0.496 e. The molecule has 2 rings (SSSR count). The number of carbonyl (C=O) groups is 1. The number of nitrogens with zero attached hydrogens (tertiary/aromatic N) is 2. The molecule has 1 heterocycles. The number of hydrogen-bond donors (Lipinski definition) is 2. The highest BCUT2D eigenvalue weighted by Gasteiger charge is 2.22. The number of rotatable bonds is 4. The van der Waals surface area contributed by atoms with Crippen LogP contribution in [0, 0.1) is 0 Å². The van der Waals surface area contributed by atoms with Gasteiger partial charge in [0, 0.05) is 36.8 Å². The molecule has 1 amide bonds. The Kier molecular flexibility index (Phi) is 4.93. The quantitative estimate of drug-likeness (QED) is 0.557. The first-order valence-corrected chi connectivity index (χ1v) is 8.77. The van der Waals surface area contributed by atoms with Gasteiger partial charge in [-0.2, -0.15) is 4.99 Å². The fourth-order valence-electron chi connectivity index (χ4n) is 2.13. The van der Waals surface area contributed by atoms with Gasteiger partial charge in [0.2, 0.25) is 0 Å². The summed E-state index contributed by atoms with van der Waals surface area (Å²) in [5.74, 6) is -1.22. The van der Waals surface area contributed by atoms with Crippen molar-refractivity contribution in [2.24, 2.45) is 16.5 Å². The molecule has 25 heavy (non-hydrogen) atoms. The van der Waals surface area contributed by atoms with Crippen LogP contribution < -0.4 is 21.6 Å². The lowest BCUT2D eigenvalue weighted by Gasteiger charge is -2.15. The second kappa shape index (κ2) is 6.77. The number of sulfone groups is 1. The Labute approximate surface area is 143 Å². The van der Waals surface area contributed by atoms with Crippen LogP contribution in [0.25, 0.3) is 5.69 Å². The lowest BCUT2D eigenvalue weighted by Crippen LogP contribution is -2.24. The minimum atomic E-state index is -3.72. The van der Waals surface area contributed by atoms with Crippen LogP contribution in [-0.2, 0) is 9.84 Å². The van der Waals surface area contributed by atoms with Crippen molar-refractivity contribution in [1.29, 1.82) is 0 Å². The van der Waals surface area contributed by atoms with E-state index in [4.69, 9.17) is 16.2 Å². The Morgan fingerprint density at radius 2 is 1.80 bits per heavy atom. The number of methoxy groups -OCH3 is 1. The van der Waals surface area contributed by atoms with Gasteiger partial charge in [-0.3, -0.25) is 9.59 Å². The monoisotopic (exact) mass is 364 g/mol. The Morgan fingerprint density at radius 1 is 1.20 bits per heavy atom. The number of ether oxygens (including phenoxy) is 1. The number of aliphatic imine (C=N–C) groups is 1. The molecular formula is C15H16N4O5S. The number of hydrogen-bond acceptors (Lipinski definition) is 5. The van der Waals surface area contributed by atoms with Crippen molar-refractivity contribution in [3.05, 3.63) is 52.4 Å². The van der Waals surface area contributed by atoms with Gasteiger partial charge in [-0.15, -0.1) is 0 Å². The molecular weight excluding hydrogens is 348 g/mol. The molecule has 0 atom stereocenters. The molecule has 9 nitrogen and oxygen atoms in total. The van der Waals surface area contributed by atoms with Crippen LogP contribution >= 0.6 is 0 Å². The van der Waals surface area contributed by atoms with Crippen molar-refractivity contribution in [3.8, 4) is 11.4 Å². The smallest absolute Gasteiger partial charge is 0.283 e. The van der Waals surface area contributed by atoms with Crippen molar-refractivity contribution < 1.29 is 17.9 Å². The summed E-state index contributed by atoms with van der Waals surface area (Å²) in [5.41, 5.74) is 10.3. The van der Waals surface area contributed by atoms with Gasteiger partial charge >= 0.3 is 0 Å². The average molecular weight is 364 g/mol. The van der Waals surface area contributed by atoms with Gasteiger partial charge in [-0.1, -0.05) is 0 Å². The molecule has 1 aromatic carbocycles. The third-order valence-corrected chi connectivity index (χ3v) is 4.34. The zero-order valence-electron chi connectivity index (χ0n) is 13.5. The second-order valence-corrected chi connectivity index (χ2v) is 7.06. The molecule has 0 saturated heterocycles. The number of carbonyl (C=O) groups excluding carboxylic acids is 1. The Morgan fingerprint density at radius 3 is 2.28 bits per heavy atom. The van der Waals surface area contributed by atoms with E-state index in [1.165, 1.54) is 42.3 Å². The van der Waals surface area contributed by atoms with Crippen LogP contribution in [0.2, 0.25) is 0 Å². The average Bonchev–Trinajstić information content (AvgIpc) is 2.52. The van der Waals surface area contributed by atoms with Crippen molar-refractivity contribution >= 4 is 21.7 Å². The summed E-state index contributed by atoms with van der Waals surface area (Å²) in [6.45, 7) is 0. The molecule has 0 aliphatic heterocycles. The number of guanidine groups is 1. The van der Waals surface area contributed by atoms with Gasteiger partial charge in [-0.25, -0.2) is 8.42 Å². The molecule has 2 aromatic rings. The zero-order chi connectivity index (χ0) is 18.8. The minimum Gasteiger partial charge on any atom is -0.496 e. The summed E-state index contributed by atoms with van der Waals surface area (Å²) >= 11 is 0. The first kappa shape index (κ1) is 18.2. The third-order valence-electron chi connectivity index (χ3n) is 3.22. The van der Waals surface area contributed by atoms with Gasteiger partial charge in [0.05, 0.1) is 23.3 Å². The van der Waals surface area contributed by atoms with E-state index in [2.05, 4.69) is 4.99 Å². The summed E-state index contributed by atoms with van der Waals surface area (Å²) in [6.07, 6.45) is 3.81. The Hall–Kier alpha value is -3.14. The van der Waals surface area contributed by atoms with Crippen LogP contribution in [0.15, 0.2) is 51.3 Å². The molecule has 0 saturated carbocycles. The van der Waals surface area contributed by atoms with Crippen molar-refractivity contribution in [2.75, 3.05) is 13.4 Å². The maximum absolute atomic E-state index is 12.2. The predicted molar refractivity (Wildman–Crippen MR) is 91.8 cm³/mol. The summed E-state index contributed by atoms with van der Waals surface area (Å²) in [7, 11) is -2.40. The summed E-state index contributed by atoms with van der Waals surface area (Å²) in [4.78, 5) is 26.7. The van der Waals surface area contributed by atoms with E-state index in [1.54, 1.807) is 0 Å². The van der Waals surface area contributed by atoms with Gasteiger partial charge in [0.25, 0.3) is 5.91 Å². The van der Waals surface area contributed by atoms with E-state index < -0.39 is 21.7 Å². The zero-order valence-corrected chi connectivity index (χ0v) is 14.3. The molecule has 0 unspecified atom stereocenters. The van der Waals surface area contributed by atoms with E-state index in [-0.39, 0.29) is 27.3 Å². The van der Waals surface area contributed by atoms with Gasteiger partial charge < -0.3 is 20.8 Å². The molecule has 0 spiro atoms. The number of benzene rings is 1. The van der Waals surface area contributed by atoms with Crippen LogP contribution in [0.3, 0.4) is 0 Å². The highest BCUT2D eigenvalue weighted by atomic mass is 32.2. The molecule has 4 N–H and O–H groups in total. The van der Waals surface area contributed by atoms with Crippen molar-refractivity contribution in [3.63, 3.8) is 0 Å². The number of amides is 1. The normalized spacial score (nSPS) is 11.0. The number of pyridine rings is 1. The molecule has 0 bridgehead atoms. The molecule has 0 radical (unpaired) electrons. The van der Waals surface area contributed by atoms with Gasteiger partial charge in [0.1, 0.15) is 5.75 Å². The van der Waals surface area contributed by atoms with Gasteiger partial charge in [-0.05, 0) is 6.07 Å². The maximum atomic E-state index is 12.2. The van der Waals surface area contributed by atoms with Gasteiger partial charge in [0.15, 0.2) is 21.2 Å². The van der Waals surface area contributed by atoms with E-state index in [1.807, 2.05) is 0 Å². The summed E-state index contributed by atoms with van der Waals surface area (Å²) < 4.78 is 30.9. The molecule has 132 valence electrons. The Bertz CT molecular complexity index is 1000. The standard InChI is InChI=1S/C15H16N4O5S/c1-24-12-8-11(19-5-3-9(20)4-6-19)13(25(2,22)23)7-10(12)14(21)18-15(16)17/h3-8H,1-2H3,(H4,16,17,18,21). The minimum absolute atomic E-state index is 0.0797. The highest BCUT2D eigenvalue weighted by molar-refractivity contribution is 7.90. The topological polar surface area (TPSA) is 147 Å². The lowest BCUT2D eigenvalue weighted by atomic mass is 10.1. The SMILES string of the molecule is COc1cc(-n2ccc(=O)cc2)c(S(C)(=O)=O)cc1C(=O)N=C(N)N. The third kappa shape index (κ3) is 4.04. The van der Waals surface area contributed by atoms with Crippen LogP contribution in [-0.4, -0.2) is 38.2 Å². The molecule has 0 aliphatic carbocycles. The second-order valence-electron chi connectivity index (χ2n) is 5.08. The van der Waals surface area contributed by atoms with E-state index in [9.17, 15) is 18.0 Å². The first-order valence-electron chi connectivity index (χ1n) is 6.88. The Balaban J connectivity index is 2.81. The van der Waals surface area contributed by atoms with E-state index in [0.717, 1.165) is 12.3 Å².